The molecule has 0 unspecified atom stereocenters. The molecule has 1 aromatic heterocycles. The Hall–Kier alpha value is -2.47. The van der Waals surface area contributed by atoms with Crippen molar-refractivity contribution in [3.8, 4) is 0 Å². The van der Waals surface area contributed by atoms with Crippen LogP contribution >= 0.6 is 0 Å². The van der Waals surface area contributed by atoms with Gasteiger partial charge >= 0.3 is 12.1 Å². The average Bonchev–Trinajstić information content (AvgIpc) is 3.18. The number of aromatic nitrogens is 2. The molecule has 1 fully saturated rings. The zero-order chi connectivity index (χ0) is 23.5. The molecule has 2 heterocycles. The maximum Gasteiger partial charge on any atom is 0.417 e. The number of benzene rings is 1. The van der Waals surface area contributed by atoms with Crippen LogP contribution in [0.1, 0.15) is 44.0 Å². The monoisotopic (exact) mass is 475 g/mol. The highest BCUT2D eigenvalue weighted by molar-refractivity contribution is 7.89. The van der Waals surface area contributed by atoms with Crippen molar-refractivity contribution in [1.82, 2.24) is 14.4 Å². The maximum atomic E-state index is 13.2. The summed E-state index contributed by atoms with van der Waals surface area (Å²) < 4.78 is 76.5. The van der Waals surface area contributed by atoms with Gasteiger partial charge in [0, 0.05) is 19.5 Å². The molecule has 0 N–H and O–H groups in total. The van der Waals surface area contributed by atoms with E-state index in [4.69, 9.17) is 9.26 Å². The van der Waals surface area contributed by atoms with Crippen LogP contribution in [0.15, 0.2) is 33.7 Å². The molecule has 3 rings (SSSR count). The summed E-state index contributed by atoms with van der Waals surface area (Å²) in [6, 6.07) is 4.06. The van der Waals surface area contributed by atoms with E-state index in [-0.39, 0.29) is 38.4 Å². The third-order valence-electron chi connectivity index (χ3n) is 5.04. The van der Waals surface area contributed by atoms with Gasteiger partial charge in [0.05, 0.1) is 16.4 Å². The quantitative estimate of drug-likeness (QED) is 0.565. The zero-order valence-electron chi connectivity index (χ0n) is 17.6. The van der Waals surface area contributed by atoms with Gasteiger partial charge in [-0.3, -0.25) is 4.79 Å². The normalized spacial score (nSPS) is 16.4. The number of carbonyl (C=O) groups excluding carboxylic acids is 1. The molecule has 1 aromatic carbocycles. The summed E-state index contributed by atoms with van der Waals surface area (Å²) >= 11 is 0. The number of halogens is 3. The molecule has 0 bridgehead atoms. The van der Waals surface area contributed by atoms with Gasteiger partial charge in [-0.25, -0.2) is 8.42 Å². The Morgan fingerprint density at radius 3 is 2.53 bits per heavy atom. The third-order valence-corrected chi connectivity index (χ3v) is 6.99. The SMILES string of the molecule is CC(C)Cc1noc(COC(=O)C2CCN(S(=O)(=O)c3ccccc3C(F)(F)F)CC2)n1. The number of nitrogens with zero attached hydrogens (tertiary/aromatic N) is 3. The number of sulfonamides is 1. The summed E-state index contributed by atoms with van der Waals surface area (Å²) in [4.78, 5) is 15.7. The second-order valence-electron chi connectivity index (χ2n) is 7.98. The van der Waals surface area contributed by atoms with Gasteiger partial charge in [-0.1, -0.05) is 31.1 Å². The Morgan fingerprint density at radius 2 is 1.91 bits per heavy atom. The molecule has 12 heteroatoms. The van der Waals surface area contributed by atoms with Crippen LogP contribution in [0, 0.1) is 11.8 Å². The van der Waals surface area contributed by atoms with Crippen molar-refractivity contribution in [2.75, 3.05) is 13.1 Å². The molecule has 2 aromatic rings. The van der Waals surface area contributed by atoms with Crippen molar-refractivity contribution in [3.05, 3.63) is 41.5 Å². The number of alkyl halides is 3. The third kappa shape index (κ3) is 5.66. The first-order valence-electron chi connectivity index (χ1n) is 10.1. The first-order chi connectivity index (χ1) is 15.0. The Bertz CT molecular complexity index is 1040. The number of carbonyl (C=O) groups is 1. The molecule has 0 radical (unpaired) electrons. The van der Waals surface area contributed by atoms with Crippen molar-refractivity contribution >= 4 is 16.0 Å². The van der Waals surface area contributed by atoms with Crippen LogP contribution in [0.3, 0.4) is 0 Å². The second-order valence-corrected chi connectivity index (χ2v) is 9.89. The lowest BCUT2D eigenvalue weighted by Gasteiger charge is -2.30. The summed E-state index contributed by atoms with van der Waals surface area (Å²) in [5.74, 6) is -0.0900. The van der Waals surface area contributed by atoms with Crippen LogP contribution in [0.25, 0.3) is 0 Å². The number of rotatable bonds is 7. The van der Waals surface area contributed by atoms with Gasteiger partial charge in [-0.05, 0) is 30.9 Å². The lowest BCUT2D eigenvalue weighted by atomic mass is 9.98. The van der Waals surface area contributed by atoms with Crippen molar-refractivity contribution in [3.63, 3.8) is 0 Å². The van der Waals surface area contributed by atoms with Gasteiger partial charge in [0.1, 0.15) is 0 Å². The van der Waals surface area contributed by atoms with Crippen molar-refractivity contribution in [2.45, 2.75) is 50.8 Å². The highest BCUT2D eigenvalue weighted by atomic mass is 32.2. The van der Waals surface area contributed by atoms with E-state index in [9.17, 15) is 26.4 Å². The van der Waals surface area contributed by atoms with Crippen LogP contribution in [-0.4, -0.2) is 41.9 Å². The summed E-state index contributed by atoms with van der Waals surface area (Å²) in [6.07, 6.45) is -3.90. The molecule has 1 aliphatic rings. The molecule has 0 atom stereocenters. The van der Waals surface area contributed by atoms with Crippen molar-refractivity contribution in [1.29, 1.82) is 0 Å². The van der Waals surface area contributed by atoms with E-state index in [1.165, 1.54) is 6.07 Å². The fourth-order valence-corrected chi connectivity index (χ4v) is 5.13. The van der Waals surface area contributed by atoms with E-state index in [1.807, 2.05) is 13.8 Å². The molecule has 1 aliphatic heterocycles. The minimum absolute atomic E-state index is 0.0899. The lowest BCUT2D eigenvalue weighted by Crippen LogP contribution is -2.41. The highest BCUT2D eigenvalue weighted by Gasteiger charge is 2.40. The number of hydrogen-bond donors (Lipinski definition) is 0. The molecule has 0 amide bonds. The van der Waals surface area contributed by atoms with E-state index < -0.39 is 38.5 Å². The van der Waals surface area contributed by atoms with E-state index in [1.54, 1.807) is 0 Å². The predicted molar refractivity (Wildman–Crippen MR) is 106 cm³/mol. The Kier molecular flexibility index (Phi) is 7.23. The average molecular weight is 475 g/mol. The number of ether oxygens (including phenoxy) is 1. The zero-order valence-corrected chi connectivity index (χ0v) is 18.4. The highest BCUT2D eigenvalue weighted by Crippen LogP contribution is 2.36. The summed E-state index contributed by atoms with van der Waals surface area (Å²) in [5.41, 5.74) is -1.21. The van der Waals surface area contributed by atoms with Crippen LogP contribution < -0.4 is 0 Å². The Labute approximate surface area is 183 Å². The van der Waals surface area contributed by atoms with Gasteiger partial charge in [0.2, 0.25) is 10.0 Å². The molecular formula is C20H24F3N3O5S. The smallest absolute Gasteiger partial charge is 0.417 e. The van der Waals surface area contributed by atoms with E-state index >= 15 is 0 Å². The molecule has 32 heavy (non-hydrogen) atoms. The van der Waals surface area contributed by atoms with E-state index in [0.29, 0.717) is 18.2 Å². The molecule has 0 spiro atoms. The van der Waals surface area contributed by atoms with Crippen molar-refractivity contribution < 1.29 is 35.6 Å². The molecule has 176 valence electrons. The van der Waals surface area contributed by atoms with Crippen molar-refractivity contribution in [2.24, 2.45) is 11.8 Å². The fourth-order valence-electron chi connectivity index (χ4n) is 3.44. The summed E-state index contributed by atoms with van der Waals surface area (Å²) in [5, 5.41) is 3.81. The fraction of sp³-hybridized carbons (Fsp3) is 0.550. The molecule has 1 saturated heterocycles. The van der Waals surface area contributed by atoms with Gasteiger partial charge in [-0.2, -0.15) is 22.5 Å². The minimum Gasteiger partial charge on any atom is -0.455 e. The number of hydrogen-bond acceptors (Lipinski definition) is 7. The minimum atomic E-state index is -4.80. The second kappa shape index (κ2) is 9.57. The first-order valence-corrected chi connectivity index (χ1v) is 11.6. The lowest BCUT2D eigenvalue weighted by molar-refractivity contribution is -0.152. The molecular weight excluding hydrogens is 451 g/mol. The molecule has 0 aliphatic carbocycles. The van der Waals surface area contributed by atoms with Gasteiger partial charge in [0.25, 0.3) is 5.89 Å². The summed E-state index contributed by atoms with van der Waals surface area (Å²) in [6.45, 7) is 3.64. The van der Waals surface area contributed by atoms with Crippen LogP contribution in [0.2, 0.25) is 0 Å². The first kappa shape index (κ1) is 24.2. The van der Waals surface area contributed by atoms with E-state index in [2.05, 4.69) is 10.1 Å². The summed E-state index contributed by atoms with van der Waals surface area (Å²) in [7, 11) is -4.36. The maximum absolute atomic E-state index is 13.2. The predicted octanol–water partition coefficient (Wildman–Crippen LogP) is 3.43. The van der Waals surface area contributed by atoms with Crippen LogP contribution in [0.5, 0.6) is 0 Å². The largest absolute Gasteiger partial charge is 0.455 e. The Morgan fingerprint density at radius 1 is 1.25 bits per heavy atom. The number of piperidine rings is 1. The topological polar surface area (TPSA) is 103 Å². The Balaban J connectivity index is 1.58. The standard InChI is InChI=1S/C20H24F3N3O5S/c1-13(2)11-17-24-18(31-25-17)12-30-19(27)14-7-9-26(10-8-14)32(28,29)16-6-4-3-5-15(16)20(21,22)23/h3-6,13-14H,7-12H2,1-2H3. The van der Waals surface area contributed by atoms with Crippen LogP contribution in [0.4, 0.5) is 13.2 Å². The van der Waals surface area contributed by atoms with Gasteiger partial charge in [-0.15, -0.1) is 0 Å². The van der Waals surface area contributed by atoms with Crippen LogP contribution in [-0.2, 0) is 38.8 Å². The molecule has 8 nitrogen and oxygen atoms in total. The number of esters is 1. The van der Waals surface area contributed by atoms with Gasteiger partial charge in [0.15, 0.2) is 12.4 Å². The van der Waals surface area contributed by atoms with Gasteiger partial charge < -0.3 is 9.26 Å². The van der Waals surface area contributed by atoms with E-state index in [0.717, 1.165) is 22.5 Å². The molecule has 0 saturated carbocycles.